The van der Waals surface area contributed by atoms with Gasteiger partial charge in [-0.3, -0.25) is 0 Å². The van der Waals surface area contributed by atoms with Crippen molar-refractivity contribution in [3.63, 3.8) is 0 Å². The number of anilines is 1. The smallest absolute Gasteiger partial charge is 0.128 e. The molecule has 0 bridgehead atoms. The first-order valence-electron chi connectivity index (χ1n) is 7.99. The molecule has 1 aromatic heterocycles. The van der Waals surface area contributed by atoms with Crippen molar-refractivity contribution in [3.05, 3.63) is 23.9 Å². The standard InChI is InChI=1S/C17H29N3O/c1-14(2)11-18-12-15-7-5-8-16(19-15)20-10-6-9-17(3,13-20)21-4/h5,7-8,14,18H,6,9-13H2,1-4H3. The summed E-state index contributed by atoms with van der Waals surface area (Å²) in [5.41, 5.74) is 1.06. The minimum Gasteiger partial charge on any atom is -0.377 e. The number of hydrogen-bond acceptors (Lipinski definition) is 4. The molecule has 1 aliphatic heterocycles. The average molecular weight is 291 g/mol. The molecule has 0 saturated carbocycles. The molecule has 118 valence electrons. The van der Waals surface area contributed by atoms with Gasteiger partial charge in [0.15, 0.2) is 0 Å². The van der Waals surface area contributed by atoms with Crippen molar-refractivity contribution in [1.29, 1.82) is 0 Å². The van der Waals surface area contributed by atoms with Crippen LogP contribution in [0.1, 0.15) is 39.3 Å². The fourth-order valence-corrected chi connectivity index (χ4v) is 2.80. The van der Waals surface area contributed by atoms with Crippen molar-refractivity contribution in [1.82, 2.24) is 10.3 Å². The van der Waals surface area contributed by atoms with Crippen LogP contribution in [0.5, 0.6) is 0 Å². The van der Waals surface area contributed by atoms with E-state index in [0.29, 0.717) is 5.92 Å². The van der Waals surface area contributed by atoms with Gasteiger partial charge in [-0.25, -0.2) is 4.98 Å². The summed E-state index contributed by atoms with van der Waals surface area (Å²) in [4.78, 5) is 7.15. The van der Waals surface area contributed by atoms with Gasteiger partial charge >= 0.3 is 0 Å². The average Bonchev–Trinajstić information content (AvgIpc) is 2.47. The predicted molar refractivity (Wildman–Crippen MR) is 87.6 cm³/mol. The molecule has 0 aliphatic carbocycles. The number of pyridine rings is 1. The summed E-state index contributed by atoms with van der Waals surface area (Å²) in [6.07, 6.45) is 2.28. The van der Waals surface area contributed by atoms with Crippen molar-refractivity contribution >= 4 is 5.82 Å². The van der Waals surface area contributed by atoms with E-state index in [4.69, 9.17) is 9.72 Å². The first-order valence-corrected chi connectivity index (χ1v) is 7.99. The van der Waals surface area contributed by atoms with Crippen LogP contribution in [-0.4, -0.2) is 37.3 Å². The van der Waals surface area contributed by atoms with Crippen LogP contribution >= 0.6 is 0 Å². The van der Waals surface area contributed by atoms with Crippen LogP contribution in [0.15, 0.2) is 18.2 Å². The molecular weight excluding hydrogens is 262 g/mol. The second kappa shape index (κ2) is 7.23. The number of ether oxygens (including phenoxy) is 1. The number of piperidine rings is 1. The van der Waals surface area contributed by atoms with Crippen molar-refractivity contribution in [2.75, 3.05) is 31.6 Å². The van der Waals surface area contributed by atoms with Gasteiger partial charge in [-0.05, 0) is 44.4 Å². The Kier molecular flexibility index (Phi) is 5.59. The maximum Gasteiger partial charge on any atom is 0.128 e. The summed E-state index contributed by atoms with van der Waals surface area (Å²) in [6.45, 7) is 10.5. The Morgan fingerprint density at radius 3 is 2.95 bits per heavy atom. The molecule has 0 amide bonds. The predicted octanol–water partition coefficient (Wildman–Crippen LogP) is 2.83. The molecule has 1 unspecified atom stereocenters. The summed E-state index contributed by atoms with van der Waals surface area (Å²) in [5.74, 6) is 1.74. The topological polar surface area (TPSA) is 37.4 Å². The summed E-state index contributed by atoms with van der Waals surface area (Å²) < 4.78 is 5.67. The fraction of sp³-hybridized carbons (Fsp3) is 0.706. The van der Waals surface area contributed by atoms with Gasteiger partial charge in [-0.15, -0.1) is 0 Å². The Morgan fingerprint density at radius 1 is 1.43 bits per heavy atom. The van der Waals surface area contributed by atoms with Gasteiger partial charge in [0.25, 0.3) is 0 Å². The molecule has 1 aromatic rings. The van der Waals surface area contributed by atoms with E-state index >= 15 is 0 Å². The zero-order chi connectivity index (χ0) is 15.3. The van der Waals surface area contributed by atoms with E-state index in [2.05, 4.69) is 49.2 Å². The third-order valence-corrected chi connectivity index (χ3v) is 4.13. The van der Waals surface area contributed by atoms with Gasteiger partial charge in [0.2, 0.25) is 0 Å². The number of rotatable bonds is 6. The molecule has 4 nitrogen and oxygen atoms in total. The fourth-order valence-electron chi connectivity index (χ4n) is 2.80. The van der Waals surface area contributed by atoms with Gasteiger partial charge < -0.3 is 15.0 Å². The highest BCUT2D eigenvalue weighted by molar-refractivity contribution is 5.40. The molecule has 1 N–H and O–H groups in total. The lowest BCUT2D eigenvalue weighted by Crippen LogP contribution is -2.47. The normalized spacial score (nSPS) is 22.8. The van der Waals surface area contributed by atoms with Crippen molar-refractivity contribution < 1.29 is 4.74 Å². The Labute approximate surface area is 128 Å². The number of methoxy groups -OCH3 is 1. The van der Waals surface area contributed by atoms with E-state index in [1.54, 1.807) is 0 Å². The van der Waals surface area contributed by atoms with Crippen LogP contribution in [-0.2, 0) is 11.3 Å². The van der Waals surface area contributed by atoms with Gasteiger partial charge in [0.05, 0.1) is 11.3 Å². The molecule has 0 radical (unpaired) electrons. The second-order valence-electron chi connectivity index (χ2n) is 6.69. The summed E-state index contributed by atoms with van der Waals surface area (Å²) in [5, 5.41) is 3.45. The van der Waals surface area contributed by atoms with E-state index in [1.165, 1.54) is 0 Å². The van der Waals surface area contributed by atoms with Crippen LogP contribution in [0.4, 0.5) is 5.82 Å². The SMILES string of the molecule is COC1(C)CCCN(c2cccc(CNCC(C)C)n2)C1. The second-order valence-corrected chi connectivity index (χ2v) is 6.69. The van der Waals surface area contributed by atoms with Crippen LogP contribution in [0.25, 0.3) is 0 Å². The minimum atomic E-state index is -0.0498. The molecule has 2 heterocycles. The third kappa shape index (κ3) is 4.68. The Bertz CT molecular complexity index is 449. The lowest BCUT2D eigenvalue weighted by atomic mass is 9.95. The maximum absolute atomic E-state index is 5.67. The molecule has 2 rings (SSSR count). The minimum absolute atomic E-state index is 0.0498. The summed E-state index contributed by atoms with van der Waals surface area (Å²) in [6, 6.07) is 6.30. The van der Waals surface area contributed by atoms with Gasteiger partial charge in [-0.1, -0.05) is 19.9 Å². The van der Waals surface area contributed by atoms with Gasteiger partial charge in [-0.2, -0.15) is 0 Å². The molecule has 1 aliphatic rings. The lowest BCUT2D eigenvalue weighted by Gasteiger charge is -2.40. The Balaban J connectivity index is 1.99. The van der Waals surface area contributed by atoms with Crippen molar-refractivity contribution in [3.8, 4) is 0 Å². The van der Waals surface area contributed by atoms with E-state index < -0.39 is 0 Å². The molecule has 0 aromatic carbocycles. The highest BCUT2D eigenvalue weighted by Crippen LogP contribution is 2.27. The monoisotopic (exact) mass is 291 g/mol. The molecule has 1 fully saturated rings. The van der Waals surface area contributed by atoms with Crippen LogP contribution < -0.4 is 10.2 Å². The highest BCUT2D eigenvalue weighted by Gasteiger charge is 2.31. The van der Waals surface area contributed by atoms with E-state index in [-0.39, 0.29) is 5.60 Å². The molecule has 4 heteroatoms. The van der Waals surface area contributed by atoms with Crippen molar-refractivity contribution in [2.24, 2.45) is 5.92 Å². The Morgan fingerprint density at radius 2 is 2.24 bits per heavy atom. The quantitative estimate of drug-likeness (QED) is 0.874. The zero-order valence-corrected chi connectivity index (χ0v) is 13.9. The Hall–Kier alpha value is -1.13. The zero-order valence-electron chi connectivity index (χ0n) is 13.9. The van der Waals surface area contributed by atoms with E-state index in [0.717, 1.165) is 50.5 Å². The van der Waals surface area contributed by atoms with E-state index in [1.807, 2.05) is 7.11 Å². The number of aromatic nitrogens is 1. The molecular formula is C17H29N3O. The largest absolute Gasteiger partial charge is 0.377 e. The number of nitrogens with zero attached hydrogens (tertiary/aromatic N) is 2. The van der Waals surface area contributed by atoms with Crippen molar-refractivity contribution in [2.45, 2.75) is 45.8 Å². The third-order valence-electron chi connectivity index (χ3n) is 4.13. The van der Waals surface area contributed by atoms with Crippen LogP contribution in [0.2, 0.25) is 0 Å². The number of nitrogens with one attached hydrogen (secondary N) is 1. The molecule has 0 spiro atoms. The maximum atomic E-state index is 5.67. The van der Waals surface area contributed by atoms with Crippen LogP contribution in [0, 0.1) is 5.92 Å². The first-order chi connectivity index (χ1) is 10.0. The first kappa shape index (κ1) is 16.2. The summed E-state index contributed by atoms with van der Waals surface area (Å²) >= 11 is 0. The summed E-state index contributed by atoms with van der Waals surface area (Å²) in [7, 11) is 1.81. The lowest BCUT2D eigenvalue weighted by molar-refractivity contribution is -0.00482. The molecule has 1 saturated heterocycles. The van der Waals surface area contributed by atoms with Gasteiger partial charge in [0, 0.05) is 26.7 Å². The molecule has 21 heavy (non-hydrogen) atoms. The molecule has 1 atom stereocenters. The van der Waals surface area contributed by atoms with Gasteiger partial charge in [0.1, 0.15) is 5.82 Å². The highest BCUT2D eigenvalue weighted by atomic mass is 16.5. The van der Waals surface area contributed by atoms with E-state index in [9.17, 15) is 0 Å². The van der Waals surface area contributed by atoms with Crippen LogP contribution in [0.3, 0.4) is 0 Å². The number of hydrogen-bond donors (Lipinski definition) is 1.